The van der Waals surface area contributed by atoms with Crippen LogP contribution in [0, 0.1) is 6.92 Å². The molecule has 0 spiro atoms. The second kappa shape index (κ2) is 9.93. The minimum atomic E-state index is -0.794. The molecule has 0 aliphatic carbocycles. The molecule has 1 atom stereocenters. The Labute approximate surface area is 203 Å². The van der Waals surface area contributed by atoms with E-state index >= 15 is 0 Å². The van der Waals surface area contributed by atoms with Crippen molar-refractivity contribution in [2.75, 3.05) is 20.8 Å². The molecule has 3 aromatic carbocycles. The van der Waals surface area contributed by atoms with Crippen LogP contribution in [-0.2, 0) is 16.0 Å². The summed E-state index contributed by atoms with van der Waals surface area (Å²) in [6.07, 6.45) is 0.451. The zero-order valence-corrected chi connectivity index (χ0v) is 19.8. The van der Waals surface area contributed by atoms with Gasteiger partial charge in [-0.3, -0.25) is 9.59 Å². The van der Waals surface area contributed by atoms with Crippen LogP contribution in [0.5, 0.6) is 17.2 Å². The Hall–Kier alpha value is -4.26. The predicted molar refractivity (Wildman–Crippen MR) is 132 cm³/mol. The number of hydrogen-bond donors (Lipinski definition) is 2. The molecule has 1 aliphatic rings. The molecular weight excluding hydrogens is 446 g/mol. The van der Waals surface area contributed by atoms with E-state index in [1.165, 1.54) is 17.0 Å². The topological polar surface area (TPSA) is 96.3 Å². The fraction of sp³-hybridized carbons (Fsp3) is 0.214. The molecule has 3 aromatic rings. The number of amides is 1. The lowest BCUT2D eigenvalue weighted by atomic mass is 9.95. The van der Waals surface area contributed by atoms with Crippen molar-refractivity contribution in [1.29, 1.82) is 0 Å². The van der Waals surface area contributed by atoms with Crippen molar-refractivity contribution in [2.24, 2.45) is 0 Å². The monoisotopic (exact) mass is 473 g/mol. The van der Waals surface area contributed by atoms with Crippen molar-refractivity contribution in [3.63, 3.8) is 0 Å². The van der Waals surface area contributed by atoms with Gasteiger partial charge in [0, 0.05) is 12.1 Å². The van der Waals surface area contributed by atoms with Gasteiger partial charge in [-0.1, -0.05) is 48.0 Å². The van der Waals surface area contributed by atoms with Gasteiger partial charge in [-0.25, -0.2) is 0 Å². The first-order valence-corrected chi connectivity index (χ1v) is 11.2. The van der Waals surface area contributed by atoms with Crippen molar-refractivity contribution in [2.45, 2.75) is 19.4 Å². The van der Waals surface area contributed by atoms with E-state index in [1.807, 2.05) is 31.2 Å². The third kappa shape index (κ3) is 4.71. The quantitative estimate of drug-likeness (QED) is 0.300. The predicted octanol–water partition coefficient (Wildman–Crippen LogP) is 4.38. The van der Waals surface area contributed by atoms with Gasteiger partial charge in [-0.15, -0.1) is 0 Å². The summed E-state index contributed by atoms with van der Waals surface area (Å²) in [6, 6.07) is 18.1. The van der Waals surface area contributed by atoms with E-state index < -0.39 is 17.7 Å². The van der Waals surface area contributed by atoms with Gasteiger partial charge in [0.05, 0.1) is 25.8 Å². The number of aryl methyl sites for hydroxylation is 1. The number of rotatable bonds is 7. The van der Waals surface area contributed by atoms with Crippen LogP contribution in [0.3, 0.4) is 0 Å². The first kappa shape index (κ1) is 23.9. The summed E-state index contributed by atoms with van der Waals surface area (Å²) < 4.78 is 10.7. The number of phenols is 1. The number of benzene rings is 3. The minimum Gasteiger partial charge on any atom is -0.508 e. The molecule has 35 heavy (non-hydrogen) atoms. The van der Waals surface area contributed by atoms with Crippen LogP contribution in [0.25, 0.3) is 5.76 Å². The molecular formula is C28H27NO6. The van der Waals surface area contributed by atoms with E-state index in [1.54, 1.807) is 44.6 Å². The molecule has 0 aromatic heterocycles. The number of likely N-dealkylation sites (tertiary alicyclic amines) is 1. The summed E-state index contributed by atoms with van der Waals surface area (Å²) in [7, 11) is 3.11. The van der Waals surface area contributed by atoms with Crippen LogP contribution in [0.4, 0.5) is 0 Å². The van der Waals surface area contributed by atoms with Gasteiger partial charge < -0.3 is 24.6 Å². The van der Waals surface area contributed by atoms with Crippen LogP contribution < -0.4 is 9.47 Å². The first-order valence-electron chi connectivity index (χ1n) is 11.2. The summed E-state index contributed by atoms with van der Waals surface area (Å²) in [4.78, 5) is 27.7. The number of methoxy groups -OCH3 is 2. The number of ketones is 1. The minimum absolute atomic E-state index is 0.0249. The highest BCUT2D eigenvalue weighted by Crippen LogP contribution is 2.40. The number of aliphatic hydroxyl groups excluding tert-OH is 1. The highest BCUT2D eigenvalue weighted by molar-refractivity contribution is 6.46. The van der Waals surface area contributed by atoms with E-state index in [-0.39, 0.29) is 23.6 Å². The van der Waals surface area contributed by atoms with Gasteiger partial charge >= 0.3 is 0 Å². The number of ether oxygens (including phenoxy) is 2. The molecule has 1 aliphatic heterocycles. The Morgan fingerprint density at radius 3 is 2.20 bits per heavy atom. The largest absolute Gasteiger partial charge is 0.508 e. The standard InChI is InChI=1S/C28H27NO6/c1-17-4-7-20(8-5-17)26(31)24-25(19-9-11-21(30)12-10-19)29(28(33)27(24)32)15-14-18-6-13-22(34-2)23(16-18)35-3/h4-13,16,25,30-31H,14-15H2,1-3H3/t25-/m0/s1. The number of hydrogen-bond acceptors (Lipinski definition) is 6. The zero-order valence-electron chi connectivity index (χ0n) is 19.8. The molecule has 2 N–H and O–H groups in total. The Kier molecular flexibility index (Phi) is 6.78. The molecule has 0 saturated carbocycles. The van der Waals surface area contributed by atoms with Crippen LogP contribution in [0.15, 0.2) is 72.3 Å². The summed E-state index contributed by atoms with van der Waals surface area (Å²) in [6.45, 7) is 2.16. The van der Waals surface area contributed by atoms with Crippen molar-refractivity contribution in [3.8, 4) is 17.2 Å². The van der Waals surface area contributed by atoms with E-state index in [0.29, 0.717) is 29.0 Å². The summed E-state index contributed by atoms with van der Waals surface area (Å²) >= 11 is 0. The maximum Gasteiger partial charge on any atom is 0.295 e. The Bertz CT molecular complexity index is 1280. The van der Waals surface area contributed by atoms with Gasteiger partial charge in [-0.05, 0) is 48.7 Å². The fourth-order valence-electron chi connectivity index (χ4n) is 4.27. The maximum absolute atomic E-state index is 13.1. The number of nitrogens with zero attached hydrogens (tertiary/aromatic N) is 1. The first-order chi connectivity index (χ1) is 16.8. The molecule has 0 unspecified atom stereocenters. The van der Waals surface area contributed by atoms with Gasteiger partial charge in [0.1, 0.15) is 11.5 Å². The highest BCUT2D eigenvalue weighted by Gasteiger charge is 2.45. The Morgan fingerprint density at radius 1 is 0.914 bits per heavy atom. The molecule has 1 saturated heterocycles. The number of carbonyl (C=O) groups is 2. The van der Waals surface area contributed by atoms with Gasteiger partial charge in [0.15, 0.2) is 11.5 Å². The van der Waals surface area contributed by atoms with E-state index in [9.17, 15) is 19.8 Å². The van der Waals surface area contributed by atoms with Crippen molar-refractivity contribution in [3.05, 3.63) is 94.6 Å². The van der Waals surface area contributed by atoms with Crippen LogP contribution >= 0.6 is 0 Å². The van der Waals surface area contributed by atoms with E-state index in [2.05, 4.69) is 0 Å². The number of aromatic hydroxyl groups is 1. The fourth-order valence-corrected chi connectivity index (χ4v) is 4.27. The van der Waals surface area contributed by atoms with Crippen molar-refractivity contribution in [1.82, 2.24) is 4.90 Å². The van der Waals surface area contributed by atoms with E-state index in [4.69, 9.17) is 9.47 Å². The van der Waals surface area contributed by atoms with Crippen LogP contribution in [0.2, 0.25) is 0 Å². The zero-order chi connectivity index (χ0) is 25.1. The molecule has 1 amide bonds. The van der Waals surface area contributed by atoms with Crippen molar-refractivity contribution < 1.29 is 29.3 Å². The van der Waals surface area contributed by atoms with Crippen LogP contribution in [-0.4, -0.2) is 47.6 Å². The van der Waals surface area contributed by atoms with E-state index in [0.717, 1.165) is 11.1 Å². The number of phenolic OH excluding ortho intramolecular Hbond substituents is 1. The lowest BCUT2D eigenvalue weighted by Crippen LogP contribution is -2.31. The average molecular weight is 474 g/mol. The Balaban J connectivity index is 1.73. The third-order valence-corrected chi connectivity index (χ3v) is 6.16. The smallest absolute Gasteiger partial charge is 0.295 e. The normalized spacial score (nSPS) is 17.0. The molecule has 7 nitrogen and oxygen atoms in total. The molecule has 0 radical (unpaired) electrons. The van der Waals surface area contributed by atoms with Crippen molar-refractivity contribution >= 4 is 17.4 Å². The summed E-state index contributed by atoms with van der Waals surface area (Å²) in [5.41, 5.74) is 3.00. The Morgan fingerprint density at radius 2 is 1.57 bits per heavy atom. The van der Waals surface area contributed by atoms with Gasteiger partial charge in [0.25, 0.3) is 11.7 Å². The lowest BCUT2D eigenvalue weighted by molar-refractivity contribution is -0.139. The van der Waals surface area contributed by atoms with Crippen LogP contribution in [0.1, 0.15) is 28.3 Å². The summed E-state index contributed by atoms with van der Waals surface area (Å²) in [5, 5.41) is 20.9. The third-order valence-electron chi connectivity index (χ3n) is 6.16. The number of carbonyl (C=O) groups excluding carboxylic acids is 2. The highest BCUT2D eigenvalue weighted by atomic mass is 16.5. The second-order valence-electron chi connectivity index (χ2n) is 8.39. The SMILES string of the molecule is COc1ccc(CCN2C(=O)C(=O)C(=C(O)c3ccc(C)cc3)[C@@H]2c2ccc(O)cc2)cc1OC. The molecule has 180 valence electrons. The van der Waals surface area contributed by atoms with Gasteiger partial charge in [-0.2, -0.15) is 0 Å². The number of Topliss-reactive ketones (excluding diaryl/α,β-unsaturated/α-hetero) is 1. The lowest BCUT2D eigenvalue weighted by Gasteiger charge is -2.25. The average Bonchev–Trinajstić information content (AvgIpc) is 3.12. The molecule has 7 heteroatoms. The molecule has 4 rings (SSSR count). The number of aliphatic hydroxyl groups is 1. The molecule has 0 bridgehead atoms. The summed E-state index contributed by atoms with van der Waals surface area (Å²) in [5.74, 6) is -0.421. The second-order valence-corrected chi connectivity index (χ2v) is 8.39. The molecule has 1 fully saturated rings. The van der Waals surface area contributed by atoms with Gasteiger partial charge in [0.2, 0.25) is 0 Å². The maximum atomic E-state index is 13.1. The molecule has 1 heterocycles.